The fourth-order valence-corrected chi connectivity index (χ4v) is 3.32. The quantitative estimate of drug-likeness (QED) is 0.586. The van der Waals surface area contributed by atoms with E-state index in [0.717, 1.165) is 4.90 Å². The Labute approximate surface area is 176 Å². The van der Waals surface area contributed by atoms with Crippen LogP contribution in [0.1, 0.15) is 11.1 Å². The first-order valence-electron chi connectivity index (χ1n) is 9.06. The lowest BCUT2D eigenvalue weighted by Crippen LogP contribution is -2.32. The molecular formula is C23H15ClF2N2O2. The Balaban J connectivity index is 1.74. The molecule has 0 aromatic heterocycles. The lowest BCUT2D eigenvalue weighted by Gasteiger charge is -2.16. The molecule has 0 saturated carbocycles. The van der Waals surface area contributed by atoms with E-state index in [2.05, 4.69) is 5.32 Å². The Kier molecular flexibility index (Phi) is 5.33. The highest BCUT2D eigenvalue weighted by molar-refractivity contribution is 6.36. The van der Waals surface area contributed by atoms with Crippen LogP contribution in [0.3, 0.4) is 0 Å². The molecule has 1 N–H and O–H groups in total. The van der Waals surface area contributed by atoms with Crippen molar-refractivity contribution in [1.29, 1.82) is 0 Å². The van der Waals surface area contributed by atoms with Crippen LogP contribution in [-0.2, 0) is 16.1 Å². The number of hydrogen-bond donors (Lipinski definition) is 1. The maximum Gasteiger partial charge on any atom is 0.278 e. The molecule has 0 radical (unpaired) electrons. The monoisotopic (exact) mass is 424 g/mol. The lowest BCUT2D eigenvalue weighted by molar-refractivity contribution is -0.137. The fraction of sp³-hybridized carbons (Fsp3) is 0.0435. The zero-order valence-electron chi connectivity index (χ0n) is 15.5. The highest BCUT2D eigenvalue weighted by atomic mass is 35.5. The van der Waals surface area contributed by atoms with E-state index in [1.165, 1.54) is 42.5 Å². The van der Waals surface area contributed by atoms with Gasteiger partial charge in [0.25, 0.3) is 11.8 Å². The van der Waals surface area contributed by atoms with Gasteiger partial charge in [-0.25, -0.2) is 8.78 Å². The van der Waals surface area contributed by atoms with Crippen LogP contribution >= 0.6 is 11.6 Å². The summed E-state index contributed by atoms with van der Waals surface area (Å²) in [7, 11) is 0. The van der Waals surface area contributed by atoms with Gasteiger partial charge in [-0.3, -0.25) is 14.5 Å². The fourth-order valence-electron chi connectivity index (χ4n) is 3.19. The molecule has 3 aromatic rings. The molecule has 0 saturated heterocycles. The van der Waals surface area contributed by atoms with Crippen molar-refractivity contribution in [2.45, 2.75) is 6.54 Å². The van der Waals surface area contributed by atoms with E-state index < -0.39 is 23.4 Å². The average Bonchev–Trinajstić information content (AvgIpc) is 2.96. The number of nitrogens with zero attached hydrogens (tertiary/aromatic N) is 1. The van der Waals surface area contributed by atoms with Gasteiger partial charge in [0.1, 0.15) is 17.3 Å². The van der Waals surface area contributed by atoms with Crippen molar-refractivity contribution in [3.63, 3.8) is 0 Å². The van der Waals surface area contributed by atoms with Gasteiger partial charge in [-0.2, -0.15) is 0 Å². The third-order valence-corrected chi connectivity index (χ3v) is 4.95. The minimum absolute atomic E-state index is 0.0327. The van der Waals surface area contributed by atoms with Crippen molar-refractivity contribution < 1.29 is 18.4 Å². The molecular weight excluding hydrogens is 410 g/mol. The van der Waals surface area contributed by atoms with Gasteiger partial charge in [0.2, 0.25) is 0 Å². The summed E-state index contributed by atoms with van der Waals surface area (Å²) >= 11 is 5.95. The van der Waals surface area contributed by atoms with Crippen molar-refractivity contribution in [3.05, 3.63) is 106 Å². The van der Waals surface area contributed by atoms with E-state index in [4.69, 9.17) is 11.6 Å². The Morgan fingerprint density at radius 1 is 0.833 bits per heavy atom. The molecule has 1 heterocycles. The molecule has 0 bridgehead atoms. The molecule has 0 aliphatic carbocycles. The van der Waals surface area contributed by atoms with Crippen molar-refractivity contribution in [1.82, 2.24) is 4.90 Å². The van der Waals surface area contributed by atoms with E-state index in [1.54, 1.807) is 30.3 Å². The number of benzene rings is 3. The first-order chi connectivity index (χ1) is 14.4. The van der Waals surface area contributed by atoms with E-state index >= 15 is 0 Å². The van der Waals surface area contributed by atoms with Crippen LogP contribution in [0.15, 0.2) is 78.5 Å². The summed E-state index contributed by atoms with van der Waals surface area (Å²) in [6, 6.07) is 17.8. The van der Waals surface area contributed by atoms with Gasteiger partial charge < -0.3 is 5.32 Å². The second-order valence-electron chi connectivity index (χ2n) is 6.68. The van der Waals surface area contributed by atoms with Gasteiger partial charge in [-0.1, -0.05) is 41.9 Å². The van der Waals surface area contributed by atoms with E-state index in [-0.39, 0.29) is 23.4 Å². The molecule has 150 valence electrons. The molecule has 7 heteroatoms. The summed E-state index contributed by atoms with van der Waals surface area (Å²) in [5.74, 6) is -2.10. The zero-order valence-corrected chi connectivity index (χ0v) is 16.3. The third-order valence-electron chi connectivity index (χ3n) is 4.70. The second-order valence-corrected chi connectivity index (χ2v) is 7.11. The summed E-state index contributed by atoms with van der Waals surface area (Å²) in [4.78, 5) is 27.3. The van der Waals surface area contributed by atoms with Crippen LogP contribution in [0.25, 0.3) is 5.57 Å². The van der Waals surface area contributed by atoms with E-state index in [9.17, 15) is 18.4 Å². The van der Waals surface area contributed by atoms with Gasteiger partial charge in [0, 0.05) is 16.3 Å². The number of anilines is 1. The standard InChI is InChI=1S/C23H15ClF2N2O2/c24-16-7-5-14(6-8-16)20-21(27-18-11-9-17(25)10-12-18)23(30)28(22(20)29)13-15-3-1-2-4-19(15)26/h1-12,27H,13H2. The smallest absolute Gasteiger partial charge is 0.278 e. The van der Waals surface area contributed by atoms with E-state index in [0.29, 0.717) is 16.3 Å². The Morgan fingerprint density at radius 3 is 2.17 bits per heavy atom. The van der Waals surface area contributed by atoms with Crippen LogP contribution in [0.4, 0.5) is 14.5 Å². The molecule has 0 unspecified atom stereocenters. The van der Waals surface area contributed by atoms with Crippen LogP contribution in [0.2, 0.25) is 5.02 Å². The third kappa shape index (κ3) is 3.82. The maximum absolute atomic E-state index is 14.1. The second kappa shape index (κ2) is 8.08. The predicted octanol–water partition coefficient (Wildman–Crippen LogP) is 5.01. The van der Waals surface area contributed by atoms with Gasteiger partial charge in [0.05, 0.1) is 12.1 Å². The van der Waals surface area contributed by atoms with Gasteiger partial charge in [-0.05, 0) is 48.0 Å². The number of amides is 2. The summed E-state index contributed by atoms with van der Waals surface area (Å²) in [6.07, 6.45) is 0. The first kappa shape index (κ1) is 19.8. The van der Waals surface area contributed by atoms with Crippen LogP contribution < -0.4 is 5.32 Å². The Bertz CT molecular complexity index is 1160. The maximum atomic E-state index is 14.1. The minimum atomic E-state index is -0.600. The molecule has 2 amide bonds. The number of hydrogen-bond acceptors (Lipinski definition) is 3. The number of rotatable bonds is 5. The lowest BCUT2D eigenvalue weighted by atomic mass is 10.0. The molecule has 0 spiro atoms. The van der Waals surface area contributed by atoms with Gasteiger partial charge >= 0.3 is 0 Å². The highest BCUT2D eigenvalue weighted by Crippen LogP contribution is 2.32. The van der Waals surface area contributed by atoms with Gasteiger partial charge in [0.15, 0.2) is 0 Å². The van der Waals surface area contributed by atoms with Crippen molar-refractivity contribution >= 4 is 34.7 Å². The topological polar surface area (TPSA) is 49.4 Å². The molecule has 4 rings (SSSR count). The summed E-state index contributed by atoms with van der Waals surface area (Å²) in [6.45, 7) is -0.212. The Hall–Kier alpha value is -3.51. The molecule has 1 aliphatic heterocycles. The number of carbonyl (C=O) groups is 2. The zero-order chi connectivity index (χ0) is 21.3. The number of nitrogens with one attached hydrogen (secondary N) is 1. The number of carbonyl (C=O) groups excluding carboxylic acids is 2. The molecule has 0 atom stereocenters. The van der Waals surface area contributed by atoms with Gasteiger partial charge in [-0.15, -0.1) is 0 Å². The normalized spacial score (nSPS) is 13.9. The first-order valence-corrected chi connectivity index (χ1v) is 9.44. The molecule has 1 aliphatic rings. The molecule has 0 fully saturated rings. The SMILES string of the molecule is O=C1C(Nc2ccc(F)cc2)=C(c2ccc(Cl)cc2)C(=O)N1Cc1ccccc1F. The van der Waals surface area contributed by atoms with Crippen molar-refractivity contribution in [3.8, 4) is 0 Å². The highest BCUT2D eigenvalue weighted by Gasteiger charge is 2.39. The summed E-state index contributed by atoms with van der Waals surface area (Å²) in [5, 5.41) is 3.40. The number of imide groups is 1. The van der Waals surface area contributed by atoms with Crippen LogP contribution in [-0.4, -0.2) is 16.7 Å². The Morgan fingerprint density at radius 2 is 1.50 bits per heavy atom. The van der Waals surface area contributed by atoms with E-state index in [1.807, 2.05) is 0 Å². The summed E-state index contributed by atoms with van der Waals surface area (Å²) in [5.41, 5.74) is 1.31. The van der Waals surface area contributed by atoms with Crippen molar-refractivity contribution in [2.24, 2.45) is 0 Å². The average molecular weight is 425 g/mol. The molecule has 4 nitrogen and oxygen atoms in total. The summed E-state index contributed by atoms with van der Waals surface area (Å²) < 4.78 is 27.4. The van der Waals surface area contributed by atoms with Crippen molar-refractivity contribution in [2.75, 3.05) is 5.32 Å². The number of halogens is 3. The minimum Gasteiger partial charge on any atom is -0.350 e. The predicted molar refractivity (Wildman–Crippen MR) is 110 cm³/mol. The van der Waals surface area contributed by atoms with Crippen LogP contribution in [0.5, 0.6) is 0 Å². The van der Waals surface area contributed by atoms with Crippen LogP contribution in [0, 0.1) is 11.6 Å². The molecule has 3 aromatic carbocycles. The largest absolute Gasteiger partial charge is 0.350 e. The molecule has 30 heavy (non-hydrogen) atoms.